The molecule has 29 heavy (non-hydrogen) atoms. The lowest BCUT2D eigenvalue weighted by molar-refractivity contribution is 0.0106. The maximum Gasteiger partial charge on any atom is 0.127 e. The van der Waals surface area contributed by atoms with Crippen molar-refractivity contribution in [1.29, 1.82) is 0 Å². The predicted molar refractivity (Wildman–Crippen MR) is 113 cm³/mol. The van der Waals surface area contributed by atoms with Crippen molar-refractivity contribution in [1.82, 2.24) is 0 Å². The van der Waals surface area contributed by atoms with Crippen LogP contribution in [0.4, 0.5) is 4.39 Å². The van der Waals surface area contributed by atoms with Crippen molar-refractivity contribution in [2.24, 2.45) is 5.92 Å². The summed E-state index contributed by atoms with van der Waals surface area (Å²) in [6.45, 7) is 4.51. The number of benzene rings is 2. The zero-order chi connectivity index (χ0) is 20.6. The number of aliphatic hydroxyl groups is 1. The van der Waals surface area contributed by atoms with Gasteiger partial charge >= 0.3 is 0 Å². The first-order chi connectivity index (χ1) is 13.9. The Bertz CT molecular complexity index is 909. The lowest BCUT2D eigenvalue weighted by Crippen LogP contribution is -2.33. The average molecular weight is 417 g/mol. The molecular formula is C24H26ClFO3. The van der Waals surface area contributed by atoms with E-state index < -0.39 is 5.60 Å². The summed E-state index contributed by atoms with van der Waals surface area (Å²) in [6.07, 6.45) is 3.89. The first-order valence-electron chi connectivity index (χ1n) is 10.1. The normalized spacial score (nSPS) is 26.3. The van der Waals surface area contributed by atoms with Crippen LogP contribution in [-0.2, 0) is 4.74 Å². The quantitative estimate of drug-likeness (QED) is 0.689. The lowest BCUT2D eigenvalue weighted by atomic mass is 9.80. The summed E-state index contributed by atoms with van der Waals surface area (Å²) < 4.78 is 25.9. The molecule has 1 aliphatic heterocycles. The van der Waals surface area contributed by atoms with Crippen molar-refractivity contribution in [3.63, 3.8) is 0 Å². The molecule has 1 fully saturated rings. The van der Waals surface area contributed by atoms with Gasteiger partial charge in [-0.2, -0.15) is 0 Å². The molecular weight excluding hydrogens is 391 g/mol. The Morgan fingerprint density at radius 1 is 1.24 bits per heavy atom. The Balaban J connectivity index is 1.74. The molecule has 3 atom stereocenters. The zero-order valence-corrected chi connectivity index (χ0v) is 17.5. The smallest absolute Gasteiger partial charge is 0.127 e. The molecule has 0 radical (unpaired) electrons. The standard InChI is InChI=1S/C24H26ClFO3/c1-15(2)29-22-8-5-19(25)11-21(22)18-12-24(28-14-18)10-9-17(13-27)23(24)16-3-6-20(26)7-4-16/h3-8,11-12,15,17,23,27H,9-10,13-14H2,1-2H3/t17?,23-,24-/m1/s1. The summed E-state index contributed by atoms with van der Waals surface area (Å²) in [6, 6.07) is 12.2. The number of aliphatic hydroxyl groups excluding tert-OH is 1. The number of ether oxygens (including phenoxy) is 2. The number of hydrogen-bond donors (Lipinski definition) is 1. The summed E-state index contributed by atoms with van der Waals surface area (Å²) in [5.74, 6) is 0.562. The van der Waals surface area contributed by atoms with E-state index in [1.807, 2.05) is 32.0 Å². The van der Waals surface area contributed by atoms with E-state index in [9.17, 15) is 9.50 Å². The largest absolute Gasteiger partial charge is 0.490 e. The van der Waals surface area contributed by atoms with Crippen LogP contribution >= 0.6 is 11.6 Å². The van der Waals surface area contributed by atoms with Crippen LogP contribution < -0.4 is 4.74 Å². The topological polar surface area (TPSA) is 38.7 Å². The van der Waals surface area contributed by atoms with Gasteiger partial charge in [-0.15, -0.1) is 0 Å². The fraction of sp³-hybridized carbons (Fsp3) is 0.417. The molecule has 1 heterocycles. The second kappa shape index (κ2) is 8.10. The van der Waals surface area contributed by atoms with E-state index in [1.54, 1.807) is 12.1 Å². The van der Waals surface area contributed by atoms with Gasteiger partial charge in [-0.1, -0.05) is 23.7 Å². The van der Waals surface area contributed by atoms with Crippen LogP contribution in [0, 0.1) is 11.7 Å². The van der Waals surface area contributed by atoms with Crippen LogP contribution in [0.3, 0.4) is 0 Å². The van der Waals surface area contributed by atoms with E-state index in [1.165, 1.54) is 12.1 Å². The van der Waals surface area contributed by atoms with Gasteiger partial charge in [-0.25, -0.2) is 4.39 Å². The van der Waals surface area contributed by atoms with Gasteiger partial charge in [0.15, 0.2) is 0 Å². The number of hydrogen-bond acceptors (Lipinski definition) is 3. The number of halogens is 2. The molecule has 4 rings (SSSR count). The Kier molecular flexibility index (Phi) is 5.69. The highest BCUT2D eigenvalue weighted by atomic mass is 35.5. The monoisotopic (exact) mass is 416 g/mol. The molecule has 0 amide bonds. The van der Waals surface area contributed by atoms with E-state index in [2.05, 4.69) is 6.08 Å². The summed E-state index contributed by atoms with van der Waals surface area (Å²) in [5.41, 5.74) is 2.45. The maximum atomic E-state index is 13.5. The lowest BCUT2D eigenvalue weighted by Gasteiger charge is -2.32. The van der Waals surface area contributed by atoms with Crippen molar-refractivity contribution >= 4 is 17.2 Å². The van der Waals surface area contributed by atoms with E-state index in [0.717, 1.165) is 35.3 Å². The fourth-order valence-electron chi connectivity index (χ4n) is 4.73. The van der Waals surface area contributed by atoms with Crippen molar-refractivity contribution in [2.45, 2.75) is 44.3 Å². The summed E-state index contributed by atoms with van der Waals surface area (Å²) in [4.78, 5) is 0. The second-order valence-electron chi connectivity index (χ2n) is 8.23. The van der Waals surface area contributed by atoms with Crippen molar-refractivity contribution in [2.75, 3.05) is 13.2 Å². The minimum absolute atomic E-state index is 0.0285. The first kappa shape index (κ1) is 20.4. The van der Waals surface area contributed by atoms with E-state index in [0.29, 0.717) is 11.6 Å². The van der Waals surface area contributed by atoms with Crippen LogP contribution in [0.15, 0.2) is 48.5 Å². The van der Waals surface area contributed by atoms with E-state index in [-0.39, 0.29) is 30.4 Å². The van der Waals surface area contributed by atoms with Crippen molar-refractivity contribution in [3.05, 3.63) is 70.5 Å². The van der Waals surface area contributed by atoms with Gasteiger partial charge in [0.25, 0.3) is 0 Å². The molecule has 0 saturated heterocycles. The molecule has 1 spiro atoms. The SMILES string of the molecule is CC(C)Oc1ccc(Cl)cc1C1=C[C@@]2(CCC(CO)[C@H]2c2ccc(F)cc2)OC1. The molecule has 5 heteroatoms. The molecule has 1 saturated carbocycles. The van der Waals surface area contributed by atoms with Gasteiger partial charge in [0, 0.05) is 23.1 Å². The van der Waals surface area contributed by atoms with Gasteiger partial charge in [0.2, 0.25) is 0 Å². The minimum Gasteiger partial charge on any atom is -0.490 e. The van der Waals surface area contributed by atoms with E-state index in [4.69, 9.17) is 21.1 Å². The Hall–Kier alpha value is -1.88. The fourth-order valence-corrected chi connectivity index (χ4v) is 4.90. The molecule has 154 valence electrons. The summed E-state index contributed by atoms with van der Waals surface area (Å²) in [5, 5.41) is 10.6. The highest BCUT2D eigenvalue weighted by molar-refractivity contribution is 6.30. The van der Waals surface area contributed by atoms with Crippen molar-refractivity contribution < 1.29 is 19.0 Å². The molecule has 2 aliphatic rings. The van der Waals surface area contributed by atoms with E-state index >= 15 is 0 Å². The zero-order valence-electron chi connectivity index (χ0n) is 16.7. The number of rotatable bonds is 5. The first-order valence-corrected chi connectivity index (χ1v) is 10.5. The minimum atomic E-state index is -0.516. The summed E-state index contributed by atoms with van der Waals surface area (Å²) in [7, 11) is 0. The predicted octanol–water partition coefficient (Wildman–Crippen LogP) is 5.60. The van der Waals surface area contributed by atoms with Gasteiger partial charge in [-0.05, 0) is 80.2 Å². The molecule has 0 bridgehead atoms. The second-order valence-corrected chi connectivity index (χ2v) is 8.67. The molecule has 2 aromatic rings. The van der Waals surface area contributed by atoms with Crippen molar-refractivity contribution in [3.8, 4) is 5.75 Å². The molecule has 1 aliphatic carbocycles. The molecule has 0 aromatic heterocycles. The average Bonchev–Trinajstić information content (AvgIpc) is 3.28. The van der Waals surface area contributed by atoms with Gasteiger partial charge in [-0.3, -0.25) is 0 Å². The Morgan fingerprint density at radius 3 is 2.69 bits per heavy atom. The molecule has 3 nitrogen and oxygen atoms in total. The van der Waals surface area contributed by atoms with Crippen LogP contribution in [0.5, 0.6) is 5.75 Å². The van der Waals surface area contributed by atoms with Crippen LogP contribution in [0.2, 0.25) is 5.02 Å². The molecule has 1 N–H and O–H groups in total. The van der Waals surface area contributed by atoms with Crippen LogP contribution in [0.1, 0.15) is 43.7 Å². The van der Waals surface area contributed by atoms with Crippen LogP contribution in [-0.4, -0.2) is 30.0 Å². The Morgan fingerprint density at radius 2 is 2.00 bits per heavy atom. The van der Waals surface area contributed by atoms with Crippen LogP contribution in [0.25, 0.3) is 5.57 Å². The third-order valence-electron chi connectivity index (χ3n) is 5.93. The highest BCUT2D eigenvalue weighted by Crippen LogP contribution is 2.53. The Labute approximate surface area is 176 Å². The van der Waals surface area contributed by atoms with Gasteiger partial charge in [0.05, 0.1) is 18.3 Å². The molecule has 2 aromatic carbocycles. The summed E-state index contributed by atoms with van der Waals surface area (Å²) >= 11 is 6.28. The van der Waals surface area contributed by atoms with Gasteiger partial charge < -0.3 is 14.6 Å². The third kappa shape index (κ3) is 3.94. The van der Waals surface area contributed by atoms with Gasteiger partial charge in [0.1, 0.15) is 11.6 Å². The third-order valence-corrected chi connectivity index (χ3v) is 6.17. The highest BCUT2D eigenvalue weighted by Gasteiger charge is 2.51. The maximum absolute atomic E-state index is 13.5. The molecule has 1 unspecified atom stereocenters.